The van der Waals surface area contributed by atoms with Crippen molar-refractivity contribution in [3.05, 3.63) is 349 Å². The summed E-state index contributed by atoms with van der Waals surface area (Å²) in [5.41, 5.74) is 22.0. The number of ether oxygens (including phenoxy) is 4. The second-order valence-electron chi connectivity index (χ2n) is 28.9. The number of benzene rings is 11. The van der Waals surface area contributed by atoms with Crippen molar-refractivity contribution in [1.82, 2.24) is 4.57 Å². The smallest absolute Gasteiger partial charge is 0.120 e. The van der Waals surface area contributed by atoms with E-state index in [1.165, 1.54) is 44.5 Å². The van der Waals surface area contributed by atoms with E-state index < -0.39 is 5.41 Å². The average molecular weight is 1350 g/mol. The first kappa shape index (κ1) is 69.0. The molecule has 6 heteroatoms. The molecule has 6 nitrogen and oxygen atoms in total. The van der Waals surface area contributed by atoms with E-state index in [-0.39, 0.29) is 10.8 Å². The molecule has 1 heterocycles. The van der Waals surface area contributed by atoms with Gasteiger partial charge in [0.2, 0.25) is 0 Å². The molecule has 11 aromatic carbocycles. The SMILES string of the molecule is C=Cc1ccc(CC2(c3ccc(C(C)(C)C)cc3)C3=CC(N(c4ccc(-c5ccccc5)cc4)c4ccc(-c5ccc6c(c5)c5cc(OCCCCCCOc7ccc(C=C)cc7)ccc5n6-c5ccc(OCCCCCCOc6ccc(C=C)cc6)cc5)cc4)=CCC3(C)c3ccccc32)cc1. The molecule has 2 aliphatic carbocycles. The molecule has 2 unspecified atom stereocenters. The number of rotatable bonds is 30. The lowest BCUT2D eigenvalue weighted by Gasteiger charge is -2.41. The average Bonchev–Trinajstić information content (AvgIpc) is 1.53. The molecule has 0 radical (unpaired) electrons. The lowest BCUT2D eigenvalue weighted by molar-refractivity contribution is 0.287. The van der Waals surface area contributed by atoms with Crippen molar-refractivity contribution < 1.29 is 18.9 Å². The second-order valence-corrected chi connectivity index (χ2v) is 28.9. The molecule has 12 aromatic rings. The molecular formula is C97H94N2O4. The summed E-state index contributed by atoms with van der Waals surface area (Å²) in [5, 5.41) is 2.30. The Hall–Kier alpha value is -11.1. The molecule has 0 fully saturated rings. The van der Waals surface area contributed by atoms with E-state index >= 15 is 0 Å². The van der Waals surface area contributed by atoms with Gasteiger partial charge in [-0.05, 0) is 251 Å². The van der Waals surface area contributed by atoms with Crippen molar-refractivity contribution in [1.29, 1.82) is 0 Å². The largest absolute Gasteiger partial charge is 0.494 e. The third-order valence-electron chi connectivity index (χ3n) is 21.1. The van der Waals surface area contributed by atoms with E-state index in [1.807, 2.05) is 66.8 Å². The Balaban J connectivity index is 0.768. The van der Waals surface area contributed by atoms with Crippen LogP contribution < -0.4 is 23.8 Å². The number of hydrogen-bond donors (Lipinski definition) is 0. The number of aromatic nitrogens is 1. The third kappa shape index (κ3) is 15.0. The topological polar surface area (TPSA) is 45.1 Å². The number of anilines is 2. The molecule has 14 rings (SSSR count). The van der Waals surface area contributed by atoms with Gasteiger partial charge in [0.25, 0.3) is 0 Å². The summed E-state index contributed by atoms with van der Waals surface area (Å²) in [7, 11) is 0. The van der Waals surface area contributed by atoms with E-state index in [0.717, 1.165) is 160 Å². The number of unbranched alkanes of at least 4 members (excludes halogenated alkanes) is 6. The van der Waals surface area contributed by atoms with Gasteiger partial charge in [-0.2, -0.15) is 0 Å². The summed E-state index contributed by atoms with van der Waals surface area (Å²) in [4.78, 5) is 2.49. The predicted octanol–water partition coefficient (Wildman–Crippen LogP) is 25.2. The Kier molecular flexibility index (Phi) is 20.8. The Bertz CT molecular complexity index is 4980. The monoisotopic (exact) mass is 1350 g/mol. The molecule has 2 aliphatic rings. The molecule has 0 amide bonds. The van der Waals surface area contributed by atoms with Crippen molar-refractivity contribution in [3.8, 4) is 50.9 Å². The van der Waals surface area contributed by atoms with Gasteiger partial charge in [0.1, 0.15) is 23.0 Å². The summed E-state index contributed by atoms with van der Waals surface area (Å²) in [6.07, 6.45) is 20.6. The van der Waals surface area contributed by atoms with E-state index in [2.05, 4.69) is 281 Å². The van der Waals surface area contributed by atoms with Crippen LogP contribution in [0.5, 0.6) is 23.0 Å². The standard InChI is InChI=1S/C97H94N2O4/c1-8-70-28-30-73(31-29-70)69-97(79-43-41-78(42-44-79)95(4,5)6)91-27-19-18-26-90(91)96(7)61-60-83(67-94(96)97)98(80-45-36-75(37-46-80)74-24-16-15-17-25-74)81-47-38-76(39-48-81)77-40-58-92-88(66-77)89-68-87(103-65-23-14-13-21-63-101-85-53-34-72(10-3)35-54-85)57-59-93(89)99(92)82-49-55-86(56-50-82)102-64-22-12-11-20-62-100-84-51-32-71(9-2)33-52-84/h8-10,15-19,24-60,66-68H,1-3,11-14,20-23,61-65,69H2,4-7H3. The number of hydrogen-bond acceptors (Lipinski definition) is 5. The van der Waals surface area contributed by atoms with Gasteiger partial charge in [-0.1, -0.05) is 229 Å². The molecule has 0 saturated heterocycles. The highest BCUT2D eigenvalue weighted by atomic mass is 16.5. The molecule has 0 bridgehead atoms. The zero-order chi connectivity index (χ0) is 70.8. The maximum Gasteiger partial charge on any atom is 0.120 e. The van der Waals surface area contributed by atoms with Gasteiger partial charge < -0.3 is 28.4 Å². The number of nitrogens with zero attached hydrogens (tertiary/aromatic N) is 2. The van der Waals surface area contributed by atoms with Gasteiger partial charge in [-0.25, -0.2) is 0 Å². The van der Waals surface area contributed by atoms with Gasteiger partial charge >= 0.3 is 0 Å². The Morgan fingerprint density at radius 1 is 0.427 bits per heavy atom. The van der Waals surface area contributed by atoms with Crippen LogP contribution in [-0.2, 0) is 22.7 Å². The normalized spacial score (nSPS) is 15.4. The van der Waals surface area contributed by atoms with Crippen LogP contribution in [0.4, 0.5) is 11.4 Å². The predicted molar refractivity (Wildman–Crippen MR) is 433 cm³/mol. The first-order chi connectivity index (χ1) is 50.4. The minimum atomic E-state index is -0.468. The minimum Gasteiger partial charge on any atom is -0.494 e. The highest BCUT2D eigenvalue weighted by Crippen LogP contribution is 2.62. The molecule has 1 aromatic heterocycles. The van der Waals surface area contributed by atoms with Crippen molar-refractivity contribution in [2.24, 2.45) is 0 Å². The van der Waals surface area contributed by atoms with E-state index in [4.69, 9.17) is 18.9 Å². The fourth-order valence-corrected chi connectivity index (χ4v) is 15.4. The second kappa shape index (κ2) is 31.0. The van der Waals surface area contributed by atoms with Crippen LogP contribution in [0.1, 0.15) is 130 Å². The molecule has 0 saturated carbocycles. The zero-order valence-electron chi connectivity index (χ0n) is 60.3. The van der Waals surface area contributed by atoms with Crippen LogP contribution in [0, 0.1) is 0 Å². The van der Waals surface area contributed by atoms with Crippen LogP contribution in [0.25, 0.3) is 68.0 Å². The van der Waals surface area contributed by atoms with Gasteiger partial charge in [-0.15, -0.1) is 0 Å². The molecule has 0 N–H and O–H groups in total. The van der Waals surface area contributed by atoms with Crippen molar-refractivity contribution in [3.63, 3.8) is 0 Å². The highest BCUT2D eigenvalue weighted by Gasteiger charge is 2.55. The van der Waals surface area contributed by atoms with Crippen LogP contribution in [-0.4, -0.2) is 31.0 Å². The van der Waals surface area contributed by atoms with E-state index in [1.54, 1.807) is 0 Å². The maximum atomic E-state index is 6.59. The lowest BCUT2D eigenvalue weighted by Crippen LogP contribution is -2.36. The third-order valence-corrected chi connectivity index (χ3v) is 21.1. The van der Waals surface area contributed by atoms with Crippen LogP contribution in [0.3, 0.4) is 0 Å². The molecule has 103 heavy (non-hydrogen) atoms. The minimum absolute atomic E-state index is 0.00876. The first-order valence-electron chi connectivity index (χ1n) is 37.0. The van der Waals surface area contributed by atoms with Gasteiger partial charge in [0.15, 0.2) is 0 Å². The van der Waals surface area contributed by atoms with E-state index in [9.17, 15) is 0 Å². The van der Waals surface area contributed by atoms with Crippen LogP contribution >= 0.6 is 0 Å². The summed E-state index contributed by atoms with van der Waals surface area (Å²) in [6, 6.07) is 95.3. The first-order valence-corrected chi connectivity index (χ1v) is 37.0. The molecular weight excluding hydrogens is 1260 g/mol. The Labute approximate surface area is 610 Å². The fraction of sp³-hybridized carbons (Fsp3) is 0.216. The summed E-state index contributed by atoms with van der Waals surface area (Å²) >= 11 is 0. The van der Waals surface area contributed by atoms with Gasteiger partial charge in [0.05, 0.1) is 37.5 Å². The van der Waals surface area contributed by atoms with E-state index in [0.29, 0.717) is 26.4 Å². The Morgan fingerprint density at radius 3 is 1.39 bits per heavy atom. The number of allylic oxidation sites excluding steroid dienone is 3. The summed E-state index contributed by atoms with van der Waals surface area (Å²) in [5.74, 6) is 3.53. The number of fused-ring (bicyclic) bond motifs is 6. The fourth-order valence-electron chi connectivity index (χ4n) is 15.4. The lowest BCUT2D eigenvalue weighted by atomic mass is 9.63. The maximum absolute atomic E-state index is 6.59. The molecule has 0 aliphatic heterocycles. The van der Waals surface area contributed by atoms with Gasteiger partial charge in [-0.3, -0.25) is 0 Å². The zero-order valence-corrected chi connectivity index (χ0v) is 60.3. The summed E-state index contributed by atoms with van der Waals surface area (Å²) < 4.78 is 27.3. The van der Waals surface area contributed by atoms with Crippen LogP contribution in [0.2, 0.25) is 0 Å². The molecule has 0 spiro atoms. The Morgan fingerprint density at radius 2 is 0.864 bits per heavy atom. The van der Waals surface area contributed by atoms with Gasteiger partial charge in [0, 0.05) is 44.4 Å². The quantitative estimate of drug-likeness (QED) is 0.0420. The van der Waals surface area contributed by atoms with Crippen LogP contribution in [0.15, 0.2) is 304 Å². The molecule has 516 valence electrons. The molecule has 2 atom stereocenters. The van der Waals surface area contributed by atoms with Crippen molar-refractivity contribution in [2.75, 3.05) is 31.3 Å². The van der Waals surface area contributed by atoms with Crippen molar-refractivity contribution >= 4 is 51.4 Å². The summed E-state index contributed by atoms with van der Waals surface area (Å²) in [6.45, 7) is 23.9. The highest BCUT2D eigenvalue weighted by molar-refractivity contribution is 6.11. The van der Waals surface area contributed by atoms with Crippen molar-refractivity contribution in [2.45, 2.75) is 108 Å².